The van der Waals surface area contributed by atoms with E-state index in [0.29, 0.717) is 11.3 Å². The third kappa shape index (κ3) is 3.10. The lowest BCUT2D eigenvalue weighted by Gasteiger charge is -2.37. The van der Waals surface area contributed by atoms with Gasteiger partial charge in [-0.25, -0.2) is 4.79 Å². The number of carbonyl (C=O) groups is 3. The number of rotatable bonds is 3. The van der Waals surface area contributed by atoms with Crippen molar-refractivity contribution >= 4 is 23.5 Å². The molecule has 0 radical (unpaired) electrons. The number of amides is 1. The van der Waals surface area contributed by atoms with Gasteiger partial charge >= 0.3 is 12.1 Å². The monoisotopic (exact) mass is 305 g/mol. The standard InChI is InChI=1S/C16H19NO5/c1-15(2,3)22-14(21)17-12-7-5-4-6-11(12)16(13(19)20)8-10(18)9-16/h4-7H,8-9H2,1-3H3,(H,17,21)(H,19,20). The molecule has 6 nitrogen and oxygen atoms in total. The predicted octanol–water partition coefficient (Wildman–Crippen LogP) is 2.72. The van der Waals surface area contributed by atoms with Crippen molar-refractivity contribution < 1.29 is 24.2 Å². The molecular formula is C16H19NO5. The molecule has 0 unspecified atom stereocenters. The molecule has 1 aromatic rings. The number of ketones is 1. The Morgan fingerprint density at radius 3 is 2.32 bits per heavy atom. The highest BCUT2D eigenvalue weighted by Crippen LogP contribution is 2.44. The van der Waals surface area contributed by atoms with Crippen LogP contribution in [0.4, 0.5) is 10.5 Å². The Hall–Kier alpha value is -2.37. The first-order valence-corrected chi connectivity index (χ1v) is 6.99. The van der Waals surface area contributed by atoms with Crippen molar-refractivity contribution in [2.45, 2.75) is 44.6 Å². The maximum Gasteiger partial charge on any atom is 0.412 e. The summed E-state index contributed by atoms with van der Waals surface area (Å²) in [6, 6.07) is 6.59. The molecule has 0 spiro atoms. The first-order valence-electron chi connectivity index (χ1n) is 6.99. The number of para-hydroxylation sites is 1. The van der Waals surface area contributed by atoms with Gasteiger partial charge in [0.15, 0.2) is 0 Å². The third-order valence-electron chi connectivity index (χ3n) is 3.49. The molecule has 22 heavy (non-hydrogen) atoms. The van der Waals surface area contributed by atoms with Crippen LogP contribution in [0.15, 0.2) is 24.3 Å². The Morgan fingerprint density at radius 1 is 1.23 bits per heavy atom. The fraction of sp³-hybridized carbons (Fsp3) is 0.438. The minimum atomic E-state index is -1.26. The summed E-state index contributed by atoms with van der Waals surface area (Å²) in [5.41, 5.74) is -1.14. The summed E-state index contributed by atoms with van der Waals surface area (Å²) in [5.74, 6) is -1.17. The molecule has 118 valence electrons. The van der Waals surface area contributed by atoms with Crippen LogP contribution in [0.3, 0.4) is 0 Å². The average Bonchev–Trinajstić information content (AvgIpc) is 2.32. The van der Waals surface area contributed by atoms with Crippen LogP contribution in [-0.4, -0.2) is 28.6 Å². The molecule has 0 heterocycles. The maximum absolute atomic E-state index is 11.9. The molecular weight excluding hydrogens is 286 g/mol. The van der Waals surface area contributed by atoms with E-state index in [-0.39, 0.29) is 18.6 Å². The van der Waals surface area contributed by atoms with E-state index in [2.05, 4.69) is 5.32 Å². The van der Waals surface area contributed by atoms with Gasteiger partial charge in [0.25, 0.3) is 0 Å². The number of Topliss-reactive ketones (excluding diaryl/α,β-unsaturated/α-hetero) is 1. The van der Waals surface area contributed by atoms with Crippen LogP contribution in [-0.2, 0) is 19.7 Å². The summed E-state index contributed by atoms with van der Waals surface area (Å²) in [6.45, 7) is 5.21. The molecule has 0 bridgehead atoms. The Bertz CT molecular complexity index is 622. The largest absolute Gasteiger partial charge is 0.481 e. The van der Waals surface area contributed by atoms with E-state index in [0.717, 1.165) is 0 Å². The van der Waals surface area contributed by atoms with E-state index in [1.165, 1.54) is 0 Å². The molecule has 0 aliphatic heterocycles. The molecule has 1 aliphatic carbocycles. The lowest BCUT2D eigenvalue weighted by molar-refractivity contribution is -0.153. The van der Waals surface area contributed by atoms with Gasteiger partial charge < -0.3 is 9.84 Å². The van der Waals surface area contributed by atoms with Gasteiger partial charge in [0, 0.05) is 18.5 Å². The number of carbonyl (C=O) groups excluding carboxylic acids is 2. The van der Waals surface area contributed by atoms with Gasteiger partial charge in [0.2, 0.25) is 0 Å². The van der Waals surface area contributed by atoms with E-state index in [1.54, 1.807) is 45.0 Å². The zero-order valence-corrected chi connectivity index (χ0v) is 12.8. The number of nitrogens with one attached hydrogen (secondary N) is 1. The second kappa shape index (κ2) is 5.44. The maximum atomic E-state index is 11.9. The van der Waals surface area contributed by atoms with Crippen LogP contribution in [0.5, 0.6) is 0 Å². The number of hydrogen-bond donors (Lipinski definition) is 2. The third-order valence-corrected chi connectivity index (χ3v) is 3.49. The number of anilines is 1. The molecule has 0 atom stereocenters. The van der Waals surface area contributed by atoms with E-state index < -0.39 is 23.1 Å². The molecule has 2 rings (SSSR count). The number of ether oxygens (including phenoxy) is 1. The van der Waals surface area contributed by atoms with Gasteiger partial charge in [0.05, 0.1) is 0 Å². The van der Waals surface area contributed by atoms with Gasteiger partial charge in [-0.2, -0.15) is 0 Å². The first-order chi connectivity index (χ1) is 10.1. The van der Waals surface area contributed by atoms with E-state index in [4.69, 9.17) is 4.74 Å². The topological polar surface area (TPSA) is 92.7 Å². The molecule has 2 N–H and O–H groups in total. The summed E-state index contributed by atoms with van der Waals surface area (Å²) >= 11 is 0. The normalized spacial score (nSPS) is 16.6. The van der Waals surface area contributed by atoms with Crippen molar-refractivity contribution in [3.8, 4) is 0 Å². The Morgan fingerprint density at radius 2 is 1.82 bits per heavy atom. The molecule has 1 saturated carbocycles. The van der Waals surface area contributed by atoms with Crippen LogP contribution in [0.1, 0.15) is 39.2 Å². The quantitative estimate of drug-likeness (QED) is 0.895. The second-order valence-electron chi connectivity index (χ2n) is 6.45. The predicted molar refractivity (Wildman–Crippen MR) is 79.9 cm³/mol. The van der Waals surface area contributed by atoms with E-state index in [9.17, 15) is 19.5 Å². The second-order valence-corrected chi connectivity index (χ2v) is 6.45. The van der Waals surface area contributed by atoms with E-state index >= 15 is 0 Å². The van der Waals surface area contributed by atoms with Gasteiger partial charge in [-0.1, -0.05) is 18.2 Å². The molecule has 0 saturated heterocycles. The summed E-state index contributed by atoms with van der Waals surface area (Å²) < 4.78 is 5.18. The lowest BCUT2D eigenvalue weighted by Crippen LogP contribution is -2.48. The number of benzene rings is 1. The average molecular weight is 305 g/mol. The molecule has 1 aromatic carbocycles. The van der Waals surface area contributed by atoms with Crippen molar-refractivity contribution in [2.75, 3.05) is 5.32 Å². The Balaban J connectivity index is 2.29. The van der Waals surface area contributed by atoms with Crippen molar-refractivity contribution in [1.82, 2.24) is 0 Å². The summed E-state index contributed by atoms with van der Waals surface area (Å²) in [6.07, 6.45) is -0.781. The van der Waals surface area contributed by atoms with Gasteiger partial charge in [0.1, 0.15) is 16.8 Å². The van der Waals surface area contributed by atoms with Crippen molar-refractivity contribution in [3.05, 3.63) is 29.8 Å². The Labute approximate surface area is 128 Å². The molecule has 0 aromatic heterocycles. The highest BCUT2D eigenvalue weighted by atomic mass is 16.6. The Kier molecular flexibility index (Phi) is 3.96. The van der Waals surface area contributed by atoms with E-state index in [1.807, 2.05) is 0 Å². The number of carboxylic acid groups (broad SMARTS) is 1. The van der Waals surface area contributed by atoms with Crippen molar-refractivity contribution in [2.24, 2.45) is 0 Å². The summed E-state index contributed by atoms with van der Waals surface area (Å²) in [4.78, 5) is 34.9. The van der Waals surface area contributed by atoms with Crippen LogP contribution in [0.25, 0.3) is 0 Å². The van der Waals surface area contributed by atoms with Crippen LogP contribution in [0.2, 0.25) is 0 Å². The minimum Gasteiger partial charge on any atom is -0.481 e. The molecule has 1 amide bonds. The van der Waals surface area contributed by atoms with Gasteiger partial charge in [-0.15, -0.1) is 0 Å². The van der Waals surface area contributed by atoms with Gasteiger partial charge in [-0.05, 0) is 32.4 Å². The highest BCUT2D eigenvalue weighted by Gasteiger charge is 2.52. The van der Waals surface area contributed by atoms with Crippen molar-refractivity contribution in [3.63, 3.8) is 0 Å². The highest BCUT2D eigenvalue weighted by molar-refractivity contribution is 6.03. The molecule has 6 heteroatoms. The summed E-state index contributed by atoms with van der Waals surface area (Å²) in [5, 5.41) is 12.1. The smallest absolute Gasteiger partial charge is 0.412 e. The SMILES string of the molecule is CC(C)(C)OC(=O)Nc1ccccc1C1(C(=O)O)CC(=O)C1. The summed E-state index contributed by atoms with van der Waals surface area (Å²) in [7, 11) is 0. The first kappa shape index (κ1) is 16.0. The minimum absolute atomic E-state index is 0.0602. The fourth-order valence-corrected chi connectivity index (χ4v) is 2.50. The number of hydrogen-bond acceptors (Lipinski definition) is 4. The zero-order valence-electron chi connectivity index (χ0n) is 12.8. The fourth-order valence-electron chi connectivity index (χ4n) is 2.50. The number of aliphatic carboxylic acids is 1. The lowest BCUT2D eigenvalue weighted by atomic mass is 9.63. The van der Waals surface area contributed by atoms with Crippen molar-refractivity contribution in [1.29, 1.82) is 0 Å². The van der Waals surface area contributed by atoms with Gasteiger partial charge in [-0.3, -0.25) is 14.9 Å². The van der Waals surface area contributed by atoms with Crippen LogP contribution >= 0.6 is 0 Å². The zero-order chi connectivity index (χ0) is 16.5. The van der Waals surface area contributed by atoms with Crippen LogP contribution in [0, 0.1) is 0 Å². The molecule has 1 aliphatic rings. The van der Waals surface area contributed by atoms with Crippen LogP contribution < -0.4 is 5.32 Å². The number of carboxylic acids is 1. The molecule has 1 fully saturated rings.